The van der Waals surface area contributed by atoms with E-state index in [1.165, 1.54) is 11.4 Å². The molecule has 1 N–H and O–H groups in total. The van der Waals surface area contributed by atoms with E-state index in [0.29, 0.717) is 58.5 Å². The van der Waals surface area contributed by atoms with Gasteiger partial charge < -0.3 is 9.72 Å². The Kier molecular flexibility index (Phi) is 6.54. The summed E-state index contributed by atoms with van der Waals surface area (Å²) in [5.41, 5.74) is 2.63. The Bertz CT molecular complexity index is 1330. The number of hydrogen-bond donors (Lipinski definition) is 1. The number of aromatic amines is 1. The summed E-state index contributed by atoms with van der Waals surface area (Å²) in [5, 5.41) is 0. The lowest BCUT2D eigenvalue weighted by Crippen LogP contribution is -2.39. The molecule has 0 saturated heterocycles. The SMILES string of the molecule is C=CCC1(S(=O)(=O)N2CC(C)c3c(C(=O)CCc4c(OC)cc(C)[nH]c4=O)cc(Br)cc32)CC1. The van der Waals surface area contributed by atoms with Crippen molar-refractivity contribution in [1.82, 2.24) is 4.98 Å². The molecule has 0 amide bonds. The largest absolute Gasteiger partial charge is 0.496 e. The summed E-state index contributed by atoms with van der Waals surface area (Å²) in [5.74, 6) is 0.183. The topological polar surface area (TPSA) is 96.5 Å². The van der Waals surface area contributed by atoms with Crippen molar-refractivity contribution in [1.29, 1.82) is 0 Å². The number of sulfonamides is 1. The number of nitrogens with one attached hydrogen (secondary N) is 1. The number of benzene rings is 1. The fourth-order valence-corrected chi connectivity index (χ4v) is 7.60. The molecular formula is C25H29BrN2O5S. The number of nitrogens with zero attached hydrogens (tertiary/aromatic N) is 1. The molecule has 1 aliphatic carbocycles. The molecule has 0 radical (unpaired) electrons. The smallest absolute Gasteiger partial charge is 0.255 e. The quantitative estimate of drug-likeness (QED) is 0.364. The molecule has 0 spiro atoms. The van der Waals surface area contributed by atoms with Gasteiger partial charge in [0.25, 0.3) is 5.56 Å². The molecule has 1 fully saturated rings. The lowest BCUT2D eigenvalue weighted by atomic mass is 9.92. The first-order valence-electron chi connectivity index (χ1n) is 11.3. The Morgan fingerprint density at radius 2 is 2.06 bits per heavy atom. The fraction of sp³-hybridized carbons (Fsp3) is 0.440. The van der Waals surface area contributed by atoms with Crippen molar-refractivity contribution < 1.29 is 17.9 Å². The number of halogens is 1. The minimum atomic E-state index is -3.60. The predicted octanol–water partition coefficient (Wildman–Crippen LogP) is 4.63. The van der Waals surface area contributed by atoms with Gasteiger partial charge in [0.15, 0.2) is 5.78 Å². The minimum Gasteiger partial charge on any atom is -0.496 e. The first-order chi connectivity index (χ1) is 16.0. The van der Waals surface area contributed by atoms with Crippen molar-refractivity contribution in [3.63, 3.8) is 0 Å². The second-order valence-corrected chi connectivity index (χ2v) is 12.4. The van der Waals surface area contributed by atoms with Crippen LogP contribution < -0.4 is 14.6 Å². The van der Waals surface area contributed by atoms with Crippen LogP contribution in [-0.2, 0) is 16.4 Å². The average molecular weight is 549 g/mol. The number of allylic oxidation sites excluding steroid dienone is 1. The van der Waals surface area contributed by atoms with Crippen LogP contribution in [0.15, 0.2) is 40.1 Å². The number of carbonyl (C=O) groups is 1. The Morgan fingerprint density at radius 3 is 2.68 bits per heavy atom. The summed E-state index contributed by atoms with van der Waals surface area (Å²) in [4.78, 5) is 28.6. The Labute approximate surface area is 208 Å². The number of rotatable bonds is 9. The third-order valence-corrected chi connectivity index (χ3v) is 9.89. The third kappa shape index (κ3) is 4.13. The third-order valence-electron chi connectivity index (χ3n) is 6.84. The maximum atomic E-state index is 13.6. The van der Waals surface area contributed by atoms with Gasteiger partial charge in [-0.2, -0.15) is 0 Å². The van der Waals surface area contributed by atoms with Gasteiger partial charge in [0.2, 0.25) is 10.0 Å². The monoisotopic (exact) mass is 548 g/mol. The highest BCUT2D eigenvalue weighted by Crippen LogP contribution is 2.52. The van der Waals surface area contributed by atoms with Gasteiger partial charge in [0.05, 0.1) is 23.1 Å². The van der Waals surface area contributed by atoms with Crippen LogP contribution in [0.3, 0.4) is 0 Å². The first-order valence-corrected chi connectivity index (χ1v) is 13.5. The van der Waals surface area contributed by atoms with Crippen LogP contribution in [0, 0.1) is 6.92 Å². The van der Waals surface area contributed by atoms with Crippen LogP contribution in [0.25, 0.3) is 0 Å². The van der Waals surface area contributed by atoms with Crippen LogP contribution in [0.1, 0.15) is 65.7 Å². The fourth-order valence-electron chi connectivity index (χ4n) is 4.91. The molecule has 7 nitrogen and oxygen atoms in total. The minimum absolute atomic E-state index is 0.102. The molecule has 34 heavy (non-hydrogen) atoms. The summed E-state index contributed by atoms with van der Waals surface area (Å²) in [6.07, 6.45) is 3.65. The molecule has 1 atom stereocenters. The van der Waals surface area contributed by atoms with Crippen LogP contribution in [-0.4, -0.2) is 37.6 Å². The van der Waals surface area contributed by atoms with Crippen molar-refractivity contribution in [3.05, 3.63) is 68.1 Å². The van der Waals surface area contributed by atoms with Crippen molar-refractivity contribution in [3.8, 4) is 5.75 Å². The second kappa shape index (κ2) is 9.00. The number of aromatic nitrogens is 1. The maximum absolute atomic E-state index is 13.6. The Hall–Kier alpha value is -2.39. The normalized spacial score (nSPS) is 18.5. The van der Waals surface area contributed by atoms with Crippen LogP contribution in [0.2, 0.25) is 0 Å². The lowest BCUT2D eigenvalue weighted by Gasteiger charge is -2.26. The van der Waals surface area contributed by atoms with Crippen molar-refractivity contribution in [2.75, 3.05) is 18.0 Å². The molecule has 182 valence electrons. The van der Waals surface area contributed by atoms with Crippen LogP contribution in [0.4, 0.5) is 5.69 Å². The number of ketones is 1. The highest BCUT2D eigenvalue weighted by molar-refractivity contribution is 9.10. The summed E-state index contributed by atoms with van der Waals surface area (Å²) < 4.78 is 33.8. The molecule has 1 aliphatic heterocycles. The number of aryl methyl sites for hydroxylation is 1. The van der Waals surface area contributed by atoms with Gasteiger partial charge in [-0.05, 0) is 56.4 Å². The van der Waals surface area contributed by atoms with Gasteiger partial charge in [0, 0.05) is 34.6 Å². The summed E-state index contributed by atoms with van der Waals surface area (Å²) >= 11 is 3.47. The van der Waals surface area contributed by atoms with E-state index in [1.807, 2.05) is 6.92 Å². The number of carbonyl (C=O) groups excluding carboxylic acids is 1. The van der Waals surface area contributed by atoms with E-state index < -0.39 is 14.8 Å². The molecule has 4 rings (SSSR count). The van der Waals surface area contributed by atoms with Crippen molar-refractivity contribution in [2.45, 2.75) is 56.6 Å². The molecule has 2 aromatic rings. The molecule has 9 heteroatoms. The van der Waals surface area contributed by atoms with E-state index in [4.69, 9.17) is 4.74 Å². The number of H-pyrrole nitrogens is 1. The zero-order chi connectivity index (χ0) is 24.8. The zero-order valence-electron chi connectivity index (χ0n) is 19.6. The number of fused-ring (bicyclic) bond motifs is 1. The summed E-state index contributed by atoms with van der Waals surface area (Å²) in [6.45, 7) is 7.75. The summed E-state index contributed by atoms with van der Waals surface area (Å²) in [6, 6.07) is 5.27. The van der Waals surface area contributed by atoms with Gasteiger partial charge in [0.1, 0.15) is 5.75 Å². The summed E-state index contributed by atoms with van der Waals surface area (Å²) in [7, 11) is -2.10. The number of ether oxygens (including phenoxy) is 1. The van der Waals surface area contributed by atoms with Gasteiger partial charge in [-0.15, -0.1) is 6.58 Å². The first kappa shape index (κ1) is 24.7. The molecule has 2 heterocycles. The van der Waals surface area contributed by atoms with Gasteiger partial charge >= 0.3 is 0 Å². The number of Topliss-reactive ketones (excluding diaryl/α,β-unsaturated/α-hetero) is 1. The zero-order valence-corrected chi connectivity index (χ0v) is 22.0. The van der Waals surface area contributed by atoms with E-state index in [9.17, 15) is 18.0 Å². The highest BCUT2D eigenvalue weighted by Gasteiger charge is 2.57. The van der Waals surface area contributed by atoms with Gasteiger partial charge in [-0.25, -0.2) is 8.42 Å². The van der Waals surface area contributed by atoms with E-state index in [1.54, 1.807) is 31.2 Å². The standard InChI is InChI=1S/C25H29BrN2O5S/c1-5-8-25(9-10-25)34(31,32)28-14-15(2)23-19(12-17(26)13-20(23)28)21(29)7-6-18-22(33-4)11-16(3)27-24(18)30/h5,11-13,15H,1,6-10,14H2,2-4H3,(H,27,30). The predicted molar refractivity (Wildman–Crippen MR) is 137 cm³/mol. The van der Waals surface area contributed by atoms with E-state index in [0.717, 1.165) is 5.56 Å². The molecule has 2 aliphatic rings. The molecule has 1 saturated carbocycles. The van der Waals surface area contributed by atoms with Crippen LogP contribution >= 0.6 is 15.9 Å². The molecule has 0 bridgehead atoms. The Morgan fingerprint density at radius 1 is 1.35 bits per heavy atom. The Balaban J connectivity index is 1.67. The molecule has 1 unspecified atom stereocenters. The average Bonchev–Trinajstić information content (AvgIpc) is 3.49. The molecule has 1 aromatic heterocycles. The van der Waals surface area contributed by atoms with Crippen molar-refractivity contribution >= 4 is 37.4 Å². The van der Waals surface area contributed by atoms with Crippen LogP contribution in [0.5, 0.6) is 5.75 Å². The van der Waals surface area contributed by atoms with E-state index in [-0.39, 0.29) is 30.1 Å². The van der Waals surface area contributed by atoms with Crippen molar-refractivity contribution in [2.24, 2.45) is 0 Å². The van der Waals surface area contributed by atoms with Gasteiger partial charge in [-0.1, -0.05) is 28.9 Å². The van der Waals surface area contributed by atoms with E-state index in [2.05, 4.69) is 27.5 Å². The van der Waals surface area contributed by atoms with Gasteiger partial charge in [-0.3, -0.25) is 13.9 Å². The number of anilines is 1. The highest BCUT2D eigenvalue weighted by atomic mass is 79.9. The lowest BCUT2D eigenvalue weighted by molar-refractivity contribution is 0.0981. The van der Waals surface area contributed by atoms with E-state index >= 15 is 0 Å². The second-order valence-electron chi connectivity index (χ2n) is 9.25. The molecule has 1 aromatic carbocycles. The molecular weight excluding hydrogens is 520 g/mol. The maximum Gasteiger partial charge on any atom is 0.255 e. The number of pyridine rings is 1. The number of hydrogen-bond acceptors (Lipinski definition) is 5. The number of methoxy groups -OCH3 is 1.